The van der Waals surface area contributed by atoms with Gasteiger partial charge in [-0.15, -0.1) is 0 Å². The first-order valence-corrected chi connectivity index (χ1v) is 7.38. The number of rotatable bonds is 9. The van der Waals surface area contributed by atoms with Gasteiger partial charge in [0.1, 0.15) is 0 Å². The highest BCUT2D eigenvalue weighted by Crippen LogP contribution is 2.18. The third-order valence-corrected chi connectivity index (χ3v) is 3.44. The Balaban J connectivity index is 1.52. The standard InChI is InChI=1S/C15H21N3O3/c19-15(17-13-5-6-13)2-1-10-16-11-9-12-3-7-14(8-4-12)18(20)21/h3-4,7-8,13,16H,1-2,5-6,9-11H2,(H,17,19). The molecule has 1 aliphatic rings. The maximum absolute atomic E-state index is 11.4. The third-order valence-electron chi connectivity index (χ3n) is 3.44. The van der Waals surface area contributed by atoms with Gasteiger partial charge in [-0.1, -0.05) is 12.1 Å². The highest BCUT2D eigenvalue weighted by Gasteiger charge is 2.22. The Kier molecular flexibility index (Phi) is 5.68. The maximum Gasteiger partial charge on any atom is 0.269 e. The van der Waals surface area contributed by atoms with Gasteiger partial charge in [0, 0.05) is 24.6 Å². The van der Waals surface area contributed by atoms with Gasteiger partial charge in [0.25, 0.3) is 5.69 Å². The van der Waals surface area contributed by atoms with Crippen molar-refractivity contribution in [1.82, 2.24) is 10.6 Å². The maximum atomic E-state index is 11.4. The highest BCUT2D eigenvalue weighted by molar-refractivity contribution is 5.76. The van der Waals surface area contributed by atoms with Crippen molar-refractivity contribution in [3.8, 4) is 0 Å². The molecule has 114 valence electrons. The van der Waals surface area contributed by atoms with E-state index in [1.165, 1.54) is 12.1 Å². The molecule has 1 amide bonds. The van der Waals surface area contributed by atoms with Crippen LogP contribution in [-0.2, 0) is 11.2 Å². The summed E-state index contributed by atoms with van der Waals surface area (Å²) in [6, 6.07) is 7.05. The average molecular weight is 291 g/mol. The molecule has 1 saturated carbocycles. The highest BCUT2D eigenvalue weighted by atomic mass is 16.6. The number of hydrogen-bond donors (Lipinski definition) is 2. The Morgan fingerprint density at radius 2 is 1.95 bits per heavy atom. The van der Waals surface area contributed by atoms with Crippen molar-refractivity contribution in [1.29, 1.82) is 0 Å². The molecule has 1 aliphatic carbocycles. The van der Waals surface area contributed by atoms with Crippen molar-refractivity contribution >= 4 is 11.6 Å². The van der Waals surface area contributed by atoms with E-state index in [0.29, 0.717) is 12.5 Å². The number of amides is 1. The van der Waals surface area contributed by atoms with E-state index in [0.717, 1.165) is 44.3 Å². The SMILES string of the molecule is O=C(CCCNCCc1ccc([N+](=O)[O-])cc1)NC1CC1. The van der Waals surface area contributed by atoms with Crippen LogP contribution < -0.4 is 10.6 Å². The van der Waals surface area contributed by atoms with E-state index < -0.39 is 4.92 Å². The monoisotopic (exact) mass is 291 g/mol. The van der Waals surface area contributed by atoms with Crippen molar-refractivity contribution in [3.05, 3.63) is 39.9 Å². The summed E-state index contributed by atoms with van der Waals surface area (Å²) in [4.78, 5) is 21.6. The summed E-state index contributed by atoms with van der Waals surface area (Å²) in [6.45, 7) is 1.62. The fourth-order valence-electron chi connectivity index (χ4n) is 2.04. The quantitative estimate of drug-likeness (QED) is 0.413. The van der Waals surface area contributed by atoms with Crippen LogP contribution in [0.3, 0.4) is 0 Å². The average Bonchev–Trinajstić information content (AvgIpc) is 3.27. The van der Waals surface area contributed by atoms with E-state index in [1.54, 1.807) is 12.1 Å². The summed E-state index contributed by atoms with van der Waals surface area (Å²) in [5.41, 5.74) is 1.19. The predicted molar refractivity (Wildman–Crippen MR) is 80.1 cm³/mol. The summed E-state index contributed by atoms with van der Waals surface area (Å²) >= 11 is 0. The van der Waals surface area contributed by atoms with E-state index in [-0.39, 0.29) is 11.6 Å². The normalized spacial score (nSPS) is 13.9. The number of carbonyl (C=O) groups excluding carboxylic acids is 1. The van der Waals surface area contributed by atoms with E-state index in [9.17, 15) is 14.9 Å². The minimum atomic E-state index is -0.394. The minimum Gasteiger partial charge on any atom is -0.353 e. The molecule has 21 heavy (non-hydrogen) atoms. The van der Waals surface area contributed by atoms with Crippen LogP contribution >= 0.6 is 0 Å². The van der Waals surface area contributed by atoms with Crippen LogP contribution in [0.5, 0.6) is 0 Å². The largest absolute Gasteiger partial charge is 0.353 e. The van der Waals surface area contributed by atoms with Gasteiger partial charge >= 0.3 is 0 Å². The van der Waals surface area contributed by atoms with Crippen LogP contribution in [0, 0.1) is 10.1 Å². The molecule has 0 aliphatic heterocycles. The van der Waals surface area contributed by atoms with Crippen LogP contribution in [0.1, 0.15) is 31.2 Å². The first-order valence-electron chi connectivity index (χ1n) is 7.38. The van der Waals surface area contributed by atoms with Crippen molar-refractivity contribution in [3.63, 3.8) is 0 Å². The first-order chi connectivity index (χ1) is 10.1. The number of nitrogens with zero attached hydrogens (tertiary/aromatic N) is 1. The van der Waals surface area contributed by atoms with Crippen molar-refractivity contribution in [2.45, 2.75) is 38.1 Å². The summed E-state index contributed by atoms with van der Waals surface area (Å²) < 4.78 is 0. The second-order valence-corrected chi connectivity index (χ2v) is 5.37. The Morgan fingerprint density at radius 1 is 1.24 bits per heavy atom. The van der Waals surface area contributed by atoms with Crippen LogP contribution in [0.4, 0.5) is 5.69 Å². The number of hydrogen-bond acceptors (Lipinski definition) is 4. The van der Waals surface area contributed by atoms with Gasteiger partial charge in [-0.25, -0.2) is 0 Å². The van der Waals surface area contributed by atoms with Crippen LogP contribution in [0.2, 0.25) is 0 Å². The van der Waals surface area contributed by atoms with Gasteiger partial charge in [-0.2, -0.15) is 0 Å². The lowest BCUT2D eigenvalue weighted by Crippen LogP contribution is -2.26. The summed E-state index contributed by atoms with van der Waals surface area (Å²) in [6.07, 6.45) is 4.48. The van der Waals surface area contributed by atoms with E-state index >= 15 is 0 Å². The third kappa shape index (κ3) is 5.91. The number of non-ortho nitro benzene ring substituents is 1. The molecule has 0 bridgehead atoms. The molecule has 0 atom stereocenters. The Labute approximate surface area is 124 Å². The predicted octanol–water partition coefficient (Wildman–Crippen LogP) is 1.79. The zero-order chi connectivity index (χ0) is 15.1. The lowest BCUT2D eigenvalue weighted by molar-refractivity contribution is -0.384. The number of nitro groups is 1. The molecule has 2 rings (SSSR count). The van der Waals surface area contributed by atoms with E-state index in [1.807, 2.05) is 0 Å². The zero-order valence-electron chi connectivity index (χ0n) is 12.0. The number of nitrogens with one attached hydrogen (secondary N) is 2. The summed E-state index contributed by atoms with van der Waals surface area (Å²) in [7, 11) is 0. The molecule has 0 aromatic heterocycles. The van der Waals surface area contributed by atoms with Gasteiger partial charge in [-0.3, -0.25) is 14.9 Å². The van der Waals surface area contributed by atoms with Gasteiger partial charge in [0.15, 0.2) is 0 Å². The van der Waals surface area contributed by atoms with Crippen molar-refractivity contribution in [2.75, 3.05) is 13.1 Å². The molecule has 6 nitrogen and oxygen atoms in total. The second kappa shape index (κ2) is 7.73. The molecule has 6 heteroatoms. The van der Waals surface area contributed by atoms with Crippen LogP contribution in [-0.4, -0.2) is 30.0 Å². The number of nitro benzene ring substituents is 1. The van der Waals surface area contributed by atoms with Gasteiger partial charge < -0.3 is 10.6 Å². The molecule has 0 radical (unpaired) electrons. The summed E-state index contributed by atoms with van der Waals surface area (Å²) in [5, 5.41) is 16.8. The Morgan fingerprint density at radius 3 is 2.57 bits per heavy atom. The molecular formula is C15H21N3O3. The molecular weight excluding hydrogens is 270 g/mol. The molecule has 0 spiro atoms. The second-order valence-electron chi connectivity index (χ2n) is 5.37. The molecule has 1 aromatic rings. The molecule has 1 aromatic carbocycles. The van der Waals surface area contributed by atoms with E-state index in [2.05, 4.69) is 10.6 Å². The molecule has 1 fully saturated rings. The van der Waals surface area contributed by atoms with Gasteiger partial charge in [0.05, 0.1) is 4.92 Å². The molecule has 0 saturated heterocycles. The number of carbonyl (C=O) groups is 1. The van der Waals surface area contributed by atoms with Crippen molar-refractivity contribution in [2.24, 2.45) is 0 Å². The summed E-state index contributed by atoms with van der Waals surface area (Å²) in [5.74, 6) is 0.148. The first kappa shape index (κ1) is 15.4. The lowest BCUT2D eigenvalue weighted by Gasteiger charge is -2.05. The van der Waals surface area contributed by atoms with Crippen molar-refractivity contribution < 1.29 is 9.72 Å². The molecule has 2 N–H and O–H groups in total. The zero-order valence-corrected chi connectivity index (χ0v) is 12.0. The molecule has 0 unspecified atom stereocenters. The fraction of sp³-hybridized carbons (Fsp3) is 0.533. The van der Waals surface area contributed by atoms with Gasteiger partial charge in [0.2, 0.25) is 5.91 Å². The Hall–Kier alpha value is -1.95. The number of benzene rings is 1. The topological polar surface area (TPSA) is 84.3 Å². The minimum absolute atomic E-state index is 0.119. The Bertz CT molecular complexity index is 483. The van der Waals surface area contributed by atoms with Crippen LogP contribution in [0.25, 0.3) is 0 Å². The fourth-order valence-corrected chi connectivity index (χ4v) is 2.04. The van der Waals surface area contributed by atoms with Gasteiger partial charge in [-0.05, 0) is 44.3 Å². The van der Waals surface area contributed by atoms with E-state index in [4.69, 9.17) is 0 Å². The molecule has 0 heterocycles. The lowest BCUT2D eigenvalue weighted by atomic mass is 10.1. The van der Waals surface area contributed by atoms with Crippen LogP contribution in [0.15, 0.2) is 24.3 Å². The smallest absolute Gasteiger partial charge is 0.269 e.